The van der Waals surface area contributed by atoms with Gasteiger partial charge in [-0.3, -0.25) is 9.69 Å². The summed E-state index contributed by atoms with van der Waals surface area (Å²) in [4.78, 5) is 17.4. The van der Waals surface area contributed by atoms with Crippen LogP contribution in [0.3, 0.4) is 0 Å². The summed E-state index contributed by atoms with van der Waals surface area (Å²) < 4.78 is 10.8. The molecule has 6 heteroatoms. The summed E-state index contributed by atoms with van der Waals surface area (Å²) in [6.07, 6.45) is 2.15. The number of carbonyl (C=O) groups excluding carboxylic acids is 1. The van der Waals surface area contributed by atoms with E-state index in [0.717, 1.165) is 58.8 Å². The molecule has 1 aromatic rings. The van der Waals surface area contributed by atoms with Gasteiger partial charge >= 0.3 is 0 Å². The first-order valence-electron chi connectivity index (χ1n) is 9.11. The summed E-state index contributed by atoms with van der Waals surface area (Å²) in [5, 5.41) is 4.01. The maximum Gasteiger partial charge on any atom is 0.259 e. The summed E-state index contributed by atoms with van der Waals surface area (Å²) in [5.41, 5.74) is 1.38. The number of rotatable bonds is 4. The van der Waals surface area contributed by atoms with Crippen LogP contribution in [0.15, 0.2) is 4.52 Å². The Bertz CT molecular complexity index is 556. The molecular formula is C18H29N3O3. The molecule has 2 fully saturated rings. The highest BCUT2D eigenvalue weighted by molar-refractivity contribution is 5.96. The average molecular weight is 335 g/mol. The van der Waals surface area contributed by atoms with Gasteiger partial charge in [0.2, 0.25) is 0 Å². The molecule has 2 saturated heterocycles. The van der Waals surface area contributed by atoms with Gasteiger partial charge in [-0.15, -0.1) is 0 Å². The molecule has 1 amide bonds. The highest BCUT2D eigenvalue weighted by atomic mass is 16.5. The van der Waals surface area contributed by atoms with Crippen molar-refractivity contribution in [2.24, 2.45) is 5.92 Å². The second-order valence-electron chi connectivity index (χ2n) is 7.31. The van der Waals surface area contributed by atoms with Crippen molar-refractivity contribution in [1.29, 1.82) is 0 Å². The van der Waals surface area contributed by atoms with E-state index in [4.69, 9.17) is 9.26 Å². The fourth-order valence-electron chi connectivity index (χ4n) is 3.67. The highest BCUT2D eigenvalue weighted by Crippen LogP contribution is 2.26. The van der Waals surface area contributed by atoms with E-state index in [-0.39, 0.29) is 11.8 Å². The molecule has 24 heavy (non-hydrogen) atoms. The Labute approximate surface area is 144 Å². The van der Waals surface area contributed by atoms with E-state index in [1.807, 2.05) is 25.7 Å². The van der Waals surface area contributed by atoms with Crippen molar-refractivity contribution < 1.29 is 14.1 Å². The van der Waals surface area contributed by atoms with Crippen LogP contribution in [0.5, 0.6) is 0 Å². The summed E-state index contributed by atoms with van der Waals surface area (Å²) in [5.74, 6) is 1.65. The number of hydrogen-bond acceptors (Lipinski definition) is 5. The number of amides is 1. The van der Waals surface area contributed by atoms with Gasteiger partial charge in [-0.1, -0.05) is 19.0 Å². The minimum absolute atomic E-state index is 0.0854. The Morgan fingerprint density at radius 1 is 1.21 bits per heavy atom. The molecule has 3 heterocycles. The van der Waals surface area contributed by atoms with Crippen molar-refractivity contribution in [3.8, 4) is 0 Å². The number of carbonyl (C=O) groups is 1. The van der Waals surface area contributed by atoms with Gasteiger partial charge in [0.25, 0.3) is 5.91 Å². The molecule has 1 aromatic heterocycles. The van der Waals surface area contributed by atoms with Crippen molar-refractivity contribution in [2.75, 3.05) is 45.9 Å². The zero-order valence-electron chi connectivity index (χ0n) is 15.1. The van der Waals surface area contributed by atoms with Crippen molar-refractivity contribution in [3.05, 3.63) is 17.0 Å². The molecule has 6 nitrogen and oxygen atoms in total. The topological polar surface area (TPSA) is 58.8 Å². The third-order valence-electron chi connectivity index (χ3n) is 5.15. The Morgan fingerprint density at radius 3 is 2.50 bits per heavy atom. The molecule has 0 bridgehead atoms. The summed E-state index contributed by atoms with van der Waals surface area (Å²) >= 11 is 0. The minimum Gasteiger partial charge on any atom is -0.379 e. The number of ether oxygens (including phenoxy) is 1. The maximum absolute atomic E-state index is 12.9. The van der Waals surface area contributed by atoms with Gasteiger partial charge in [0.15, 0.2) is 5.76 Å². The third-order valence-corrected chi connectivity index (χ3v) is 5.15. The molecule has 0 aromatic carbocycles. The predicted molar refractivity (Wildman–Crippen MR) is 91.2 cm³/mol. The zero-order valence-corrected chi connectivity index (χ0v) is 15.1. The van der Waals surface area contributed by atoms with Gasteiger partial charge in [-0.25, -0.2) is 0 Å². The van der Waals surface area contributed by atoms with Gasteiger partial charge in [0.1, 0.15) is 5.56 Å². The van der Waals surface area contributed by atoms with Crippen LogP contribution < -0.4 is 0 Å². The third kappa shape index (κ3) is 3.81. The van der Waals surface area contributed by atoms with E-state index in [0.29, 0.717) is 22.9 Å². The van der Waals surface area contributed by atoms with E-state index in [1.54, 1.807) is 0 Å². The van der Waals surface area contributed by atoms with Crippen LogP contribution in [-0.4, -0.2) is 66.8 Å². The van der Waals surface area contributed by atoms with Crippen LogP contribution in [-0.2, 0) is 4.74 Å². The Balaban J connectivity index is 1.56. The molecule has 0 N–H and O–H groups in total. The smallest absolute Gasteiger partial charge is 0.259 e. The molecule has 0 saturated carbocycles. The molecule has 3 rings (SSSR count). The fourth-order valence-corrected chi connectivity index (χ4v) is 3.67. The largest absolute Gasteiger partial charge is 0.379 e. The average Bonchev–Trinajstić information content (AvgIpc) is 2.98. The quantitative estimate of drug-likeness (QED) is 0.845. The Kier molecular flexibility index (Phi) is 5.56. The maximum atomic E-state index is 12.9. The number of aryl methyl sites for hydroxylation is 1. The lowest BCUT2D eigenvalue weighted by Gasteiger charge is -2.36. The minimum atomic E-state index is 0.0854. The van der Waals surface area contributed by atoms with Gasteiger partial charge in [-0.2, -0.15) is 0 Å². The zero-order chi connectivity index (χ0) is 17.1. The van der Waals surface area contributed by atoms with E-state index in [1.165, 1.54) is 0 Å². The van der Waals surface area contributed by atoms with Gasteiger partial charge in [0.05, 0.1) is 18.9 Å². The van der Waals surface area contributed by atoms with E-state index in [9.17, 15) is 4.79 Å². The van der Waals surface area contributed by atoms with E-state index >= 15 is 0 Å². The van der Waals surface area contributed by atoms with Crippen LogP contribution in [0.4, 0.5) is 0 Å². The molecule has 2 aliphatic heterocycles. The second-order valence-corrected chi connectivity index (χ2v) is 7.31. The second kappa shape index (κ2) is 7.66. The number of aromatic nitrogens is 1. The normalized spacial score (nSPS) is 20.8. The van der Waals surface area contributed by atoms with Crippen molar-refractivity contribution in [1.82, 2.24) is 15.0 Å². The first-order valence-corrected chi connectivity index (χ1v) is 9.11. The van der Waals surface area contributed by atoms with Gasteiger partial charge in [-0.05, 0) is 25.7 Å². The number of piperidine rings is 1. The van der Waals surface area contributed by atoms with Crippen LogP contribution in [0.2, 0.25) is 0 Å². The lowest BCUT2D eigenvalue weighted by Crippen LogP contribution is -2.44. The van der Waals surface area contributed by atoms with Crippen LogP contribution in [0, 0.1) is 12.8 Å². The summed E-state index contributed by atoms with van der Waals surface area (Å²) in [6, 6.07) is 0. The molecule has 0 radical (unpaired) electrons. The molecule has 0 spiro atoms. The van der Waals surface area contributed by atoms with Crippen molar-refractivity contribution in [2.45, 2.75) is 39.5 Å². The highest BCUT2D eigenvalue weighted by Gasteiger charge is 2.30. The molecule has 134 valence electrons. The monoisotopic (exact) mass is 335 g/mol. The first-order chi connectivity index (χ1) is 11.6. The molecule has 0 aliphatic carbocycles. The standard InChI is InChI=1S/C18H29N3O3/c1-13(2)17-16(14(3)19-24-17)18(22)21-6-4-15(5-7-21)12-20-8-10-23-11-9-20/h13,15H,4-12H2,1-3H3. The Hall–Kier alpha value is -1.40. The number of morpholine rings is 1. The molecule has 0 unspecified atom stereocenters. The van der Waals surface area contributed by atoms with Crippen LogP contribution in [0.1, 0.15) is 54.4 Å². The molecular weight excluding hydrogens is 306 g/mol. The van der Waals surface area contributed by atoms with E-state index < -0.39 is 0 Å². The lowest BCUT2D eigenvalue weighted by molar-refractivity contribution is 0.0242. The first kappa shape index (κ1) is 17.4. The van der Waals surface area contributed by atoms with Crippen LogP contribution >= 0.6 is 0 Å². The number of likely N-dealkylation sites (tertiary alicyclic amines) is 1. The summed E-state index contributed by atoms with van der Waals surface area (Å²) in [6.45, 7) is 12.5. The Morgan fingerprint density at radius 2 is 1.88 bits per heavy atom. The fraction of sp³-hybridized carbons (Fsp3) is 0.778. The number of nitrogens with zero attached hydrogens (tertiary/aromatic N) is 3. The van der Waals surface area contributed by atoms with Crippen LogP contribution in [0.25, 0.3) is 0 Å². The van der Waals surface area contributed by atoms with E-state index in [2.05, 4.69) is 10.1 Å². The van der Waals surface area contributed by atoms with Crippen molar-refractivity contribution >= 4 is 5.91 Å². The summed E-state index contributed by atoms with van der Waals surface area (Å²) in [7, 11) is 0. The lowest BCUT2D eigenvalue weighted by atomic mass is 9.95. The SMILES string of the molecule is Cc1noc(C(C)C)c1C(=O)N1CCC(CN2CCOCC2)CC1. The molecule has 2 aliphatic rings. The molecule has 0 atom stereocenters. The predicted octanol–water partition coefficient (Wildman–Crippen LogP) is 2.29. The van der Waals surface area contributed by atoms with Crippen molar-refractivity contribution in [3.63, 3.8) is 0 Å². The van der Waals surface area contributed by atoms with Gasteiger partial charge in [0, 0.05) is 38.6 Å². The van der Waals surface area contributed by atoms with Gasteiger partial charge < -0.3 is 14.2 Å². The number of hydrogen-bond donors (Lipinski definition) is 0.